The quantitative estimate of drug-likeness (QED) is 0.396. The number of Topliss-reactive ketones (excluding diaryl/α,β-unsaturated/α-hetero) is 1. The maximum atomic E-state index is 12.0. The van der Waals surface area contributed by atoms with E-state index in [9.17, 15) is 14.4 Å². The van der Waals surface area contributed by atoms with Gasteiger partial charge in [0.1, 0.15) is 0 Å². The molecule has 2 saturated heterocycles. The predicted octanol–water partition coefficient (Wildman–Crippen LogP) is 2.55. The molecule has 1 aromatic carbocycles. The minimum Gasteiger partial charge on any atom is -0.332 e. The molecule has 6 nitrogen and oxygen atoms in total. The lowest BCUT2D eigenvalue weighted by atomic mass is 10.0. The van der Waals surface area contributed by atoms with Crippen LogP contribution in [0.4, 0.5) is 10.5 Å². The number of fused-ring (bicyclic) bond motifs is 1. The molecule has 0 saturated carbocycles. The van der Waals surface area contributed by atoms with E-state index in [4.69, 9.17) is 0 Å². The highest BCUT2D eigenvalue weighted by Crippen LogP contribution is 2.33. The van der Waals surface area contributed by atoms with E-state index >= 15 is 0 Å². The summed E-state index contributed by atoms with van der Waals surface area (Å²) in [4.78, 5) is 34.8. The molecule has 3 atom stereocenters. The number of rotatable bonds is 7. The fourth-order valence-corrected chi connectivity index (χ4v) is 4.86. The second-order valence-corrected chi connectivity index (χ2v) is 7.82. The third-order valence-corrected chi connectivity index (χ3v) is 6.14. The Bertz CT molecular complexity index is 679. The van der Waals surface area contributed by atoms with Crippen LogP contribution in [0.1, 0.15) is 43.0 Å². The SMILES string of the molecule is CC(=O)c1cccc(NC(=O)CCCCC2SCC3NC(=O)NC32)c1. The Hall–Kier alpha value is -2.02. The van der Waals surface area contributed by atoms with Crippen molar-refractivity contribution >= 4 is 35.2 Å². The van der Waals surface area contributed by atoms with E-state index in [1.54, 1.807) is 24.3 Å². The summed E-state index contributed by atoms with van der Waals surface area (Å²) in [5, 5.41) is 9.20. The number of carbonyl (C=O) groups excluding carboxylic acids is 3. The second kappa shape index (κ2) is 7.91. The Morgan fingerprint density at radius 1 is 1.28 bits per heavy atom. The number of benzene rings is 1. The highest BCUT2D eigenvalue weighted by Gasteiger charge is 2.42. The molecule has 3 amide bonds. The summed E-state index contributed by atoms with van der Waals surface area (Å²) in [6.45, 7) is 1.51. The van der Waals surface area contributed by atoms with E-state index in [-0.39, 0.29) is 29.8 Å². The van der Waals surface area contributed by atoms with Gasteiger partial charge in [0.25, 0.3) is 0 Å². The zero-order valence-corrected chi connectivity index (χ0v) is 15.0. The smallest absolute Gasteiger partial charge is 0.315 e. The molecule has 0 aromatic heterocycles. The molecule has 0 radical (unpaired) electrons. The van der Waals surface area contributed by atoms with E-state index < -0.39 is 0 Å². The Labute approximate surface area is 151 Å². The van der Waals surface area contributed by atoms with Crippen LogP contribution in [0.3, 0.4) is 0 Å². The molecule has 134 valence electrons. The van der Waals surface area contributed by atoms with E-state index in [2.05, 4.69) is 16.0 Å². The number of urea groups is 1. The molecule has 7 heteroatoms. The number of carbonyl (C=O) groups is 3. The van der Waals surface area contributed by atoms with Crippen molar-refractivity contribution in [1.82, 2.24) is 10.6 Å². The van der Waals surface area contributed by atoms with E-state index in [1.807, 2.05) is 11.8 Å². The average molecular weight is 361 g/mol. The first-order valence-electron chi connectivity index (χ1n) is 8.62. The summed E-state index contributed by atoms with van der Waals surface area (Å²) >= 11 is 1.89. The van der Waals surface area contributed by atoms with Gasteiger partial charge in [-0.15, -0.1) is 0 Å². The van der Waals surface area contributed by atoms with Crippen LogP contribution < -0.4 is 16.0 Å². The van der Waals surface area contributed by atoms with Crippen LogP contribution in [0.15, 0.2) is 24.3 Å². The van der Waals surface area contributed by atoms with Gasteiger partial charge in [-0.25, -0.2) is 4.79 Å². The van der Waals surface area contributed by atoms with Crippen LogP contribution >= 0.6 is 11.8 Å². The first-order chi connectivity index (χ1) is 12.0. The van der Waals surface area contributed by atoms with Gasteiger partial charge in [0.2, 0.25) is 5.91 Å². The van der Waals surface area contributed by atoms with Crippen LogP contribution in [0.5, 0.6) is 0 Å². The lowest BCUT2D eigenvalue weighted by Crippen LogP contribution is -2.36. The fraction of sp³-hybridized carbons (Fsp3) is 0.500. The van der Waals surface area contributed by atoms with Crippen LogP contribution in [0.2, 0.25) is 0 Å². The number of unbranched alkanes of at least 4 members (excludes halogenated alkanes) is 1. The fourth-order valence-electron chi connectivity index (χ4n) is 3.31. The maximum absolute atomic E-state index is 12.0. The van der Waals surface area contributed by atoms with Crippen molar-refractivity contribution in [2.45, 2.75) is 49.9 Å². The third-order valence-electron chi connectivity index (χ3n) is 4.63. The topological polar surface area (TPSA) is 87.3 Å². The first-order valence-corrected chi connectivity index (χ1v) is 9.67. The lowest BCUT2D eigenvalue weighted by Gasteiger charge is -2.16. The van der Waals surface area contributed by atoms with Crippen molar-refractivity contribution in [3.8, 4) is 0 Å². The molecule has 2 aliphatic heterocycles. The molecule has 3 N–H and O–H groups in total. The van der Waals surface area contributed by atoms with Gasteiger partial charge in [-0.05, 0) is 31.9 Å². The first kappa shape index (κ1) is 17.8. The molecule has 2 fully saturated rings. The molecule has 0 spiro atoms. The minimum absolute atomic E-state index is 0.0167. The standard InChI is InChI=1S/C18H23N3O3S/c1-11(22)12-5-4-6-13(9-12)19-16(23)8-3-2-7-15-17-14(10-25-15)20-18(24)21-17/h4-6,9,14-15,17H,2-3,7-8,10H2,1H3,(H,19,23)(H2,20,21,24). The summed E-state index contributed by atoms with van der Waals surface area (Å²) in [5.41, 5.74) is 1.25. The molecule has 3 rings (SSSR count). The van der Waals surface area contributed by atoms with Crippen molar-refractivity contribution in [3.05, 3.63) is 29.8 Å². The second-order valence-electron chi connectivity index (χ2n) is 6.55. The zero-order chi connectivity index (χ0) is 17.8. The number of amides is 3. The van der Waals surface area contributed by atoms with Gasteiger partial charge < -0.3 is 16.0 Å². The van der Waals surface area contributed by atoms with Gasteiger partial charge in [0.05, 0.1) is 12.1 Å². The number of nitrogens with one attached hydrogen (secondary N) is 3. The maximum Gasteiger partial charge on any atom is 0.315 e. The zero-order valence-electron chi connectivity index (χ0n) is 14.2. The van der Waals surface area contributed by atoms with Gasteiger partial charge in [-0.2, -0.15) is 11.8 Å². The van der Waals surface area contributed by atoms with Crippen LogP contribution in [0.25, 0.3) is 0 Å². The Balaban J connectivity index is 1.38. The molecular weight excluding hydrogens is 338 g/mol. The summed E-state index contributed by atoms with van der Waals surface area (Å²) in [7, 11) is 0. The summed E-state index contributed by atoms with van der Waals surface area (Å²) in [6, 6.07) is 7.40. The van der Waals surface area contributed by atoms with Crippen LogP contribution in [-0.2, 0) is 4.79 Å². The Morgan fingerprint density at radius 3 is 2.92 bits per heavy atom. The van der Waals surface area contributed by atoms with Crippen LogP contribution in [0, 0.1) is 0 Å². The van der Waals surface area contributed by atoms with Gasteiger partial charge in [-0.3, -0.25) is 9.59 Å². The van der Waals surface area contributed by atoms with Crippen molar-refractivity contribution < 1.29 is 14.4 Å². The number of thioether (sulfide) groups is 1. The molecule has 2 heterocycles. The van der Waals surface area contributed by atoms with Crippen molar-refractivity contribution in [1.29, 1.82) is 0 Å². The number of hydrogen-bond donors (Lipinski definition) is 3. The number of ketones is 1. The Morgan fingerprint density at radius 2 is 2.12 bits per heavy atom. The van der Waals surface area contributed by atoms with Gasteiger partial charge >= 0.3 is 6.03 Å². The highest BCUT2D eigenvalue weighted by molar-refractivity contribution is 8.00. The highest BCUT2D eigenvalue weighted by atomic mass is 32.2. The predicted molar refractivity (Wildman–Crippen MR) is 99.0 cm³/mol. The van der Waals surface area contributed by atoms with E-state index in [0.717, 1.165) is 25.0 Å². The summed E-state index contributed by atoms with van der Waals surface area (Å²) < 4.78 is 0. The molecule has 25 heavy (non-hydrogen) atoms. The van der Waals surface area contributed by atoms with Crippen LogP contribution in [-0.4, -0.2) is 40.8 Å². The normalized spacial score (nSPS) is 24.4. The third kappa shape index (κ3) is 4.54. The van der Waals surface area contributed by atoms with E-state index in [0.29, 0.717) is 22.9 Å². The Kier molecular flexibility index (Phi) is 5.63. The molecular formula is C18H23N3O3S. The monoisotopic (exact) mass is 361 g/mol. The van der Waals surface area contributed by atoms with Crippen molar-refractivity contribution in [2.75, 3.05) is 11.1 Å². The summed E-state index contributed by atoms with van der Waals surface area (Å²) in [5.74, 6) is 0.909. The molecule has 1 aromatic rings. The molecule has 2 aliphatic rings. The van der Waals surface area contributed by atoms with Gasteiger partial charge in [0.15, 0.2) is 5.78 Å². The average Bonchev–Trinajstić information content (AvgIpc) is 3.11. The largest absolute Gasteiger partial charge is 0.332 e. The van der Waals surface area contributed by atoms with Gasteiger partial charge in [-0.1, -0.05) is 18.6 Å². The summed E-state index contributed by atoms with van der Waals surface area (Å²) in [6.07, 6.45) is 3.23. The number of hydrogen-bond acceptors (Lipinski definition) is 4. The minimum atomic E-state index is -0.0625. The van der Waals surface area contributed by atoms with E-state index in [1.165, 1.54) is 6.92 Å². The van der Waals surface area contributed by atoms with Crippen molar-refractivity contribution in [3.63, 3.8) is 0 Å². The van der Waals surface area contributed by atoms with Crippen molar-refractivity contribution in [2.24, 2.45) is 0 Å². The lowest BCUT2D eigenvalue weighted by molar-refractivity contribution is -0.116. The molecule has 0 aliphatic carbocycles. The van der Waals surface area contributed by atoms with Gasteiger partial charge in [0, 0.05) is 28.7 Å². The number of anilines is 1. The molecule has 3 unspecified atom stereocenters. The molecule has 0 bridgehead atoms.